The maximum atomic E-state index is 12.5. The number of sulfone groups is 1. The van der Waals surface area contributed by atoms with Crippen molar-refractivity contribution in [3.8, 4) is 0 Å². The van der Waals surface area contributed by atoms with Crippen LogP contribution in [0.5, 0.6) is 0 Å². The van der Waals surface area contributed by atoms with Crippen LogP contribution in [0.3, 0.4) is 0 Å². The number of hydrogen-bond acceptors (Lipinski definition) is 5. The van der Waals surface area contributed by atoms with Crippen LogP contribution in [0.2, 0.25) is 0 Å². The van der Waals surface area contributed by atoms with E-state index in [4.69, 9.17) is 10.8 Å². The highest BCUT2D eigenvalue weighted by Crippen LogP contribution is 2.34. The molecular formula is C10H11F3N2O4S. The van der Waals surface area contributed by atoms with Gasteiger partial charge >= 0.3 is 5.51 Å². The van der Waals surface area contributed by atoms with Crippen molar-refractivity contribution in [2.75, 3.05) is 11.9 Å². The Morgan fingerprint density at radius 3 is 2.40 bits per heavy atom. The van der Waals surface area contributed by atoms with Crippen molar-refractivity contribution < 1.29 is 31.5 Å². The molecule has 1 aromatic rings. The Kier molecular flexibility index (Phi) is 4.61. The van der Waals surface area contributed by atoms with Gasteiger partial charge in [-0.3, -0.25) is 4.79 Å². The molecule has 1 amide bonds. The van der Waals surface area contributed by atoms with Crippen molar-refractivity contribution in [1.29, 1.82) is 0 Å². The summed E-state index contributed by atoms with van der Waals surface area (Å²) < 4.78 is 60.1. The largest absolute Gasteiger partial charge is 0.501 e. The number of amides is 1. The van der Waals surface area contributed by atoms with Gasteiger partial charge < -0.3 is 16.2 Å². The molecule has 0 heterocycles. The molecule has 10 heteroatoms. The van der Waals surface area contributed by atoms with Gasteiger partial charge in [-0.25, -0.2) is 8.42 Å². The maximum absolute atomic E-state index is 12.5. The second-order valence-corrected chi connectivity index (χ2v) is 5.65. The lowest BCUT2D eigenvalue weighted by molar-refractivity contribution is -0.125. The van der Waals surface area contributed by atoms with Crippen molar-refractivity contribution in [2.45, 2.75) is 16.5 Å². The number of hydrogen-bond donors (Lipinski definition) is 3. The van der Waals surface area contributed by atoms with Gasteiger partial charge in [0.05, 0.1) is 10.6 Å². The van der Waals surface area contributed by atoms with Gasteiger partial charge in [-0.1, -0.05) is 12.1 Å². The Morgan fingerprint density at radius 1 is 1.35 bits per heavy atom. The highest BCUT2D eigenvalue weighted by atomic mass is 32.2. The monoisotopic (exact) mass is 312 g/mol. The molecule has 4 N–H and O–H groups in total. The standard InChI is InChI=1S/C10H11F3N2O4S/c11-10(12,13)20(18,19)8-4-2-1-3-6(8)15-5-7(16)9(14)17/h1-4,7,15-16H,5H2,(H2,14,17)/t7-/m1/s1. The number of nitrogens with one attached hydrogen (secondary N) is 1. The zero-order chi connectivity index (χ0) is 15.6. The molecule has 0 fully saturated rings. The van der Waals surface area contributed by atoms with Gasteiger partial charge in [-0.2, -0.15) is 13.2 Å². The normalized spacial score (nSPS) is 13.8. The number of halogens is 3. The fourth-order valence-electron chi connectivity index (χ4n) is 1.28. The zero-order valence-electron chi connectivity index (χ0n) is 9.89. The Morgan fingerprint density at radius 2 is 1.90 bits per heavy atom. The molecule has 20 heavy (non-hydrogen) atoms. The van der Waals surface area contributed by atoms with E-state index in [1.165, 1.54) is 6.07 Å². The first-order valence-electron chi connectivity index (χ1n) is 5.19. The van der Waals surface area contributed by atoms with Gasteiger partial charge in [0.15, 0.2) is 0 Å². The molecule has 0 saturated carbocycles. The first kappa shape index (κ1) is 16.2. The third-order valence-corrected chi connectivity index (χ3v) is 3.84. The SMILES string of the molecule is NC(=O)[C@H](O)CNc1ccccc1S(=O)(=O)C(F)(F)F. The van der Waals surface area contributed by atoms with E-state index >= 15 is 0 Å². The van der Waals surface area contributed by atoms with Crippen molar-refractivity contribution in [3.63, 3.8) is 0 Å². The number of rotatable bonds is 5. The van der Waals surface area contributed by atoms with Crippen LogP contribution in [-0.4, -0.2) is 37.6 Å². The minimum absolute atomic E-state index is 0.384. The van der Waals surface area contributed by atoms with Crippen LogP contribution in [-0.2, 0) is 14.6 Å². The van der Waals surface area contributed by atoms with Crippen molar-refractivity contribution in [2.24, 2.45) is 5.73 Å². The second-order valence-electron chi connectivity index (χ2n) is 3.74. The highest BCUT2D eigenvalue weighted by molar-refractivity contribution is 7.92. The van der Waals surface area contributed by atoms with E-state index in [0.717, 1.165) is 18.2 Å². The van der Waals surface area contributed by atoms with Gasteiger partial charge in [0.1, 0.15) is 6.10 Å². The smallest absolute Gasteiger partial charge is 0.381 e. The van der Waals surface area contributed by atoms with Gasteiger partial charge in [0.2, 0.25) is 5.91 Å². The molecule has 0 aliphatic carbocycles. The van der Waals surface area contributed by atoms with Gasteiger partial charge in [0, 0.05) is 6.54 Å². The Balaban J connectivity index is 3.10. The number of aliphatic hydroxyl groups is 1. The maximum Gasteiger partial charge on any atom is 0.501 e. The minimum Gasteiger partial charge on any atom is -0.381 e. The first-order valence-corrected chi connectivity index (χ1v) is 6.67. The minimum atomic E-state index is -5.54. The first-order chi connectivity index (χ1) is 9.07. The molecule has 112 valence electrons. The summed E-state index contributed by atoms with van der Waals surface area (Å²) in [6.07, 6.45) is -1.66. The molecule has 0 aromatic heterocycles. The number of carbonyl (C=O) groups is 1. The summed E-state index contributed by atoms with van der Waals surface area (Å²) in [7, 11) is -5.54. The van der Waals surface area contributed by atoms with E-state index in [0.29, 0.717) is 0 Å². The fraction of sp³-hybridized carbons (Fsp3) is 0.300. The quantitative estimate of drug-likeness (QED) is 0.721. The predicted octanol–water partition coefficient (Wildman–Crippen LogP) is 0.238. The van der Waals surface area contributed by atoms with Crippen LogP contribution in [0, 0.1) is 0 Å². The van der Waals surface area contributed by atoms with Crippen LogP contribution in [0.15, 0.2) is 29.2 Å². The Labute approximate surface area is 112 Å². The van der Waals surface area contributed by atoms with Gasteiger partial charge in [-0.15, -0.1) is 0 Å². The highest BCUT2D eigenvalue weighted by Gasteiger charge is 2.47. The number of benzene rings is 1. The molecular weight excluding hydrogens is 301 g/mol. The summed E-state index contributed by atoms with van der Waals surface area (Å²) >= 11 is 0. The van der Waals surface area contributed by atoms with E-state index in [1.807, 2.05) is 0 Å². The van der Waals surface area contributed by atoms with Crippen LogP contribution < -0.4 is 11.1 Å². The van der Waals surface area contributed by atoms with E-state index in [9.17, 15) is 26.4 Å². The lowest BCUT2D eigenvalue weighted by atomic mass is 10.3. The van der Waals surface area contributed by atoms with Crippen LogP contribution in [0.1, 0.15) is 0 Å². The van der Waals surface area contributed by atoms with Crippen LogP contribution >= 0.6 is 0 Å². The number of anilines is 1. The van der Waals surface area contributed by atoms with E-state index in [2.05, 4.69) is 5.32 Å². The van der Waals surface area contributed by atoms with E-state index < -0.39 is 38.8 Å². The zero-order valence-corrected chi connectivity index (χ0v) is 10.7. The summed E-state index contributed by atoms with van der Waals surface area (Å²) in [6.45, 7) is -0.514. The predicted molar refractivity (Wildman–Crippen MR) is 63.4 cm³/mol. The van der Waals surface area contributed by atoms with Crippen LogP contribution in [0.25, 0.3) is 0 Å². The summed E-state index contributed by atoms with van der Waals surface area (Å²) in [5.74, 6) is -1.09. The lowest BCUT2D eigenvalue weighted by Crippen LogP contribution is -2.34. The van der Waals surface area contributed by atoms with E-state index in [-0.39, 0.29) is 5.69 Å². The topological polar surface area (TPSA) is 109 Å². The number of nitrogens with two attached hydrogens (primary N) is 1. The molecule has 0 spiro atoms. The Bertz CT molecular complexity index is 601. The molecule has 1 aromatic carbocycles. The van der Waals surface area contributed by atoms with Crippen molar-refractivity contribution in [3.05, 3.63) is 24.3 Å². The number of para-hydroxylation sites is 1. The molecule has 0 aliphatic heterocycles. The lowest BCUT2D eigenvalue weighted by Gasteiger charge is -2.15. The van der Waals surface area contributed by atoms with Crippen LogP contribution in [0.4, 0.5) is 18.9 Å². The van der Waals surface area contributed by atoms with Gasteiger partial charge in [-0.05, 0) is 12.1 Å². The second kappa shape index (κ2) is 5.67. The molecule has 0 unspecified atom stereocenters. The van der Waals surface area contributed by atoms with E-state index in [1.54, 1.807) is 0 Å². The average molecular weight is 312 g/mol. The third-order valence-electron chi connectivity index (χ3n) is 2.30. The molecule has 6 nitrogen and oxygen atoms in total. The number of aliphatic hydroxyl groups excluding tert-OH is 1. The Hall–Kier alpha value is -1.81. The summed E-state index contributed by atoms with van der Waals surface area (Å²) in [5, 5.41) is 11.4. The summed E-state index contributed by atoms with van der Waals surface area (Å²) in [5.41, 5.74) is -1.07. The fourth-order valence-corrected chi connectivity index (χ4v) is 2.22. The van der Waals surface area contributed by atoms with Crippen molar-refractivity contribution in [1.82, 2.24) is 0 Å². The van der Waals surface area contributed by atoms with Crippen molar-refractivity contribution >= 4 is 21.4 Å². The molecule has 1 rings (SSSR count). The summed E-state index contributed by atoms with van der Waals surface area (Å²) in [4.78, 5) is 9.60. The summed E-state index contributed by atoms with van der Waals surface area (Å²) in [6, 6.07) is 4.26. The third kappa shape index (κ3) is 3.39. The molecule has 1 atom stereocenters. The number of alkyl halides is 3. The molecule has 0 aliphatic rings. The van der Waals surface area contributed by atoms with Gasteiger partial charge in [0.25, 0.3) is 9.84 Å². The molecule has 0 saturated heterocycles. The average Bonchev–Trinajstić information content (AvgIpc) is 2.34. The number of primary amides is 1. The number of carbonyl (C=O) groups excluding carboxylic acids is 1. The molecule has 0 bridgehead atoms. The molecule has 0 radical (unpaired) electrons.